The number of nitrogens with one attached hydrogen (secondary N) is 1. The molecule has 1 fully saturated rings. The molecule has 1 atom stereocenters. The third kappa shape index (κ3) is 3.23. The third-order valence-corrected chi connectivity index (χ3v) is 4.73. The summed E-state index contributed by atoms with van der Waals surface area (Å²) >= 11 is 0. The fraction of sp³-hybridized carbons (Fsp3) is 0.500. The maximum absolute atomic E-state index is 11.6. The standard InChI is InChI=1S/C12H17N3O3S/c1-3-4-12(16)13-11-7-9(2)14-15(11)10-5-6-19(17,18)8-10/h3-4,7,10H,5-6,8H2,1-2H3,(H,13,16). The molecular weight excluding hydrogens is 266 g/mol. The maximum atomic E-state index is 11.6. The number of aromatic nitrogens is 2. The summed E-state index contributed by atoms with van der Waals surface area (Å²) in [6, 6.07) is 1.55. The van der Waals surface area contributed by atoms with E-state index in [0.717, 1.165) is 5.69 Å². The Kier molecular flexibility index (Phi) is 3.75. The summed E-state index contributed by atoms with van der Waals surface area (Å²) in [5.74, 6) is 0.562. The molecule has 0 aliphatic carbocycles. The van der Waals surface area contributed by atoms with Crippen molar-refractivity contribution >= 4 is 21.6 Å². The molecule has 19 heavy (non-hydrogen) atoms. The smallest absolute Gasteiger partial charge is 0.249 e. The SMILES string of the molecule is CC=CC(=O)Nc1cc(C)nn1C1CCS(=O)(=O)C1. The highest BCUT2D eigenvalue weighted by molar-refractivity contribution is 7.91. The van der Waals surface area contributed by atoms with Crippen LogP contribution in [-0.4, -0.2) is 35.6 Å². The highest BCUT2D eigenvalue weighted by Crippen LogP contribution is 2.27. The predicted molar refractivity (Wildman–Crippen MR) is 72.7 cm³/mol. The summed E-state index contributed by atoms with van der Waals surface area (Å²) in [5, 5.41) is 7.00. The number of nitrogens with zero attached hydrogens (tertiary/aromatic N) is 2. The molecule has 0 radical (unpaired) electrons. The zero-order valence-corrected chi connectivity index (χ0v) is 11.8. The monoisotopic (exact) mass is 283 g/mol. The Bertz CT molecular complexity index is 616. The molecule has 0 aromatic carbocycles. The number of carbonyl (C=O) groups excluding carboxylic acids is 1. The van der Waals surface area contributed by atoms with Gasteiger partial charge in [-0.05, 0) is 26.3 Å². The Morgan fingerprint density at radius 1 is 1.58 bits per heavy atom. The number of anilines is 1. The minimum absolute atomic E-state index is 0.0839. The van der Waals surface area contributed by atoms with E-state index in [1.807, 2.05) is 6.92 Å². The molecule has 2 heterocycles. The minimum Gasteiger partial charge on any atom is -0.307 e. The van der Waals surface area contributed by atoms with Gasteiger partial charge in [-0.1, -0.05) is 6.08 Å². The molecule has 1 aromatic heterocycles. The minimum atomic E-state index is -2.98. The lowest BCUT2D eigenvalue weighted by molar-refractivity contribution is -0.112. The quantitative estimate of drug-likeness (QED) is 0.841. The zero-order chi connectivity index (χ0) is 14.0. The van der Waals surface area contributed by atoms with Gasteiger partial charge in [0.05, 0.1) is 23.2 Å². The van der Waals surface area contributed by atoms with Crippen molar-refractivity contribution in [1.29, 1.82) is 0 Å². The van der Waals surface area contributed by atoms with Gasteiger partial charge in [-0.25, -0.2) is 13.1 Å². The van der Waals surface area contributed by atoms with Crippen LogP contribution in [0.25, 0.3) is 0 Å². The van der Waals surface area contributed by atoms with Crippen LogP contribution in [-0.2, 0) is 14.6 Å². The number of rotatable bonds is 3. The number of amides is 1. The average molecular weight is 283 g/mol. The molecule has 1 amide bonds. The molecular formula is C12H17N3O3S. The van der Waals surface area contributed by atoms with Gasteiger partial charge in [0.15, 0.2) is 9.84 Å². The zero-order valence-electron chi connectivity index (χ0n) is 11.0. The Balaban J connectivity index is 2.24. The van der Waals surface area contributed by atoms with Gasteiger partial charge in [0, 0.05) is 6.07 Å². The third-order valence-electron chi connectivity index (χ3n) is 2.98. The highest BCUT2D eigenvalue weighted by Gasteiger charge is 2.31. The first-order valence-electron chi connectivity index (χ1n) is 6.11. The van der Waals surface area contributed by atoms with Crippen molar-refractivity contribution in [2.45, 2.75) is 26.3 Å². The molecule has 1 aliphatic rings. The number of allylic oxidation sites excluding steroid dienone is 1. The van der Waals surface area contributed by atoms with Gasteiger partial charge in [-0.3, -0.25) is 4.79 Å². The lowest BCUT2D eigenvalue weighted by Crippen LogP contribution is -2.18. The molecule has 6 nitrogen and oxygen atoms in total. The van der Waals surface area contributed by atoms with E-state index in [4.69, 9.17) is 0 Å². The molecule has 0 bridgehead atoms. The Hall–Kier alpha value is -1.63. The van der Waals surface area contributed by atoms with E-state index in [9.17, 15) is 13.2 Å². The van der Waals surface area contributed by atoms with Gasteiger partial charge in [0.1, 0.15) is 5.82 Å². The van der Waals surface area contributed by atoms with Crippen LogP contribution in [0, 0.1) is 6.92 Å². The lowest BCUT2D eigenvalue weighted by atomic mass is 10.3. The predicted octanol–water partition coefficient (Wildman–Crippen LogP) is 1.07. The van der Waals surface area contributed by atoms with Gasteiger partial charge in [0.25, 0.3) is 0 Å². The molecule has 1 N–H and O–H groups in total. The highest BCUT2D eigenvalue weighted by atomic mass is 32.2. The molecule has 1 aliphatic heterocycles. The van der Waals surface area contributed by atoms with Crippen molar-refractivity contribution in [2.24, 2.45) is 0 Å². The van der Waals surface area contributed by atoms with E-state index in [2.05, 4.69) is 10.4 Å². The molecule has 1 aromatic rings. The Labute approximate surface area is 112 Å². The molecule has 0 spiro atoms. The first-order chi connectivity index (χ1) is 8.91. The van der Waals surface area contributed by atoms with Crippen molar-refractivity contribution in [3.63, 3.8) is 0 Å². The summed E-state index contributed by atoms with van der Waals surface area (Å²) in [6.07, 6.45) is 3.59. The number of aryl methyl sites for hydroxylation is 1. The molecule has 1 saturated heterocycles. The van der Waals surface area contributed by atoms with Gasteiger partial charge in [0.2, 0.25) is 5.91 Å². The maximum Gasteiger partial charge on any atom is 0.249 e. The summed E-state index contributed by atoms with van der Waals surface area (Å²) in [6.45, 7) is 3.57. The first kappa shape index (κ1) is 13.8. The fourth-order valence-electron chi connectivity index (χ4n) is 2.18. The van der Waals surface area contributed by atoms with E-state index in [-0.39, 0.29) is 23.5 Å². The fourth-order valence-corrected chi connectivity index (χ4v) is 3.87. The number of hydrogen-bond donors (Lipinski definition) is 1. The molecule has 0 saturated carbocycles. The van der Waals surface area contributed by atoms with E-state index in [1.54, 1.807) is 23.7 Å². The Morgan fingerprint density at radius 2 is 2.32 bits per heavy atom. The van der Waals surface area contributed by atoms with Gasteiger partial charge >= 0.3 is 0 Å². The van der Waals surface area contributed by atoms with Crippen LogP contribution in [0.1, 0.15) is 25.1 Å². The second kappa shape index (κ2) is 5.16. The summed E-state index contributed by atoms with van der Waals surface area (Å²) in [5.41, 5.74) is 0.750. The van der Waals surface area contributed by atoms with Crippen LogP contribution in [0.4, 0.5) is 5.82 Å². The van der Waals surface area contributed by atoms with E-state index >= 15 is 0 Å². The largest absolute Gasteiger partial charge is 0.307 e. The topological polar surface area (TPSA) is 81.1 Å². The van der Waals surface area contributed by atoms with E-state index in [0.29, 0.717) is 12.2 Å². The van der Waals surface area contributed by atoms with Crippen molar-refractivity contribution in [1.82, 2.24) is 9.78 Å². The van der Waals surface area contributed by atoms with Crippen LogP contribution in [0.2, 0.25) is 0 Å². The molecule has 2 rings (SSSR count). The number of hydrogen-bond acceptors (Lipinski definition) is 4. The molecule has 104 valence electrons. The van der Waals surface area contributed by atoms with Crippen LogP contribution in [0.15, 0.2) is 18.2 Å². The van der Waals surface area contributed by atoms with Crippen molar-refractivity contribution in [2.75, 3.05) is 16.8 Å². The first-order valence-corrected chi connectivity index (χ1v) is 7.93. The van der Waals surface area contributed by atoms with Crippen LogP contribution < -0.4 is 5.32 Å². The van der Waals surface area contributed by atoms with E-state index < -0.39 is 9.84 Å². The van der Waals surface area contributed by atoms with Crippen molar-refractivity contribution in [3.8, 4) is 0 Å². The van der Waals surface area contributed by atoms with Crippen molar-refractivity contribution in [3.05, 3.63) is 23.9 Å². The Morgan fingerprint density at radius 3 is 2.89 bits per heavy atom. The van der Waals surface area contributed by atoms with Crippen LogP contribution >= 0.6 is 0 Å². The number of carbonyl (C=O) groups is 1. The van der Waals surface area contributed by atoms with Gasteiger partial charge in [-0.15, -0.1) is 0 Å². The average Bonchev–Trinajstić information content (AvgIpc) is 2.82. The molecule has 1 unspecified atom stereocenters. The summed E-state index contributed by atoms with van der Waals surface area (Å²) < 4.78 is 24.6. The lowest BCUT2D eigenvalue weighted by Gasteiger charge is -2.12. The van der Waals surface area contributed by atoms with Crippen LogP contribution in [0.3, 0.4) is 0 Å². The van der Waals surface area contributed by atoms with E-state index in [1.165, 1.54) is 6.08 Å². The summed E-state index contributed by atoms with van der Waals surface area (Å²) in [4.78, 5) is 11.6. The van der Waals surface area contributed by atoms with Crippen LogP contribution in [0.5, 0.6) is 0 Å². The van der Waals surface area contributed by atoms with Crippen molar-refractivity contribution < 1.29 is 13.2 Å². The normalized spacial score (nSPS) is 21.9. The second-order valence-corrected chi connectivity index (χ2v) is 6.89. The summed E-state index contributed by atoms with van der Waals surface area (Å²) in [7, 11) is -2.98. The second-order valence-electron chi connectivity index (χ2n) is 4.66. The molecule has 7 heteroatoms. The van der Waals surface area contributed by atoms with Gasteiger partial charge in [-0.2, -0.15) is 5.10 Å². The number of sulfone groups is 1. The van der Waals surface area contributed by atoms with Gasteiger partial charge < -0.3 is 5.32 Å².